The first kappa shape index (κ1) is 16.7. The lowest BCUT2D eigenvalue weighted by molar-refractivity contribution is 0.207. The fraction of sp³-hybridized carbons (Fsp3) is 0.412. The Labute approximate surface area is 144 Å². The molecule has 0 saturated carbocycles. The zero-order chi connectivity index (χ0) is 17.3. The van der Waals surface area contributed by atoms with E-state index in [1.807, 2.05) is 24.8 Å². The number of hydrogen-bond acceptors (Lipinski definition) is 3. The molecule has 2 aromatic rings. The Balaban J connectivity index is 1.79. The first-order valence-corrected chi connectivity index (χ1v) is 9.55. The molecule has 24 heavy (non-hydrogen) atoms. The highest BCUT2D eigenvalue weighted by molar-refractivity contribution is 7.84. The van der Waals surface area contributed by atoms with Crippen LogP contribution >= 0.6 is 0 Å². The van der Waals surface area contributed by atoms with E-state index >= 15 is 0 Å². The number of nitrogens with one attached hydrogen (secondary N) is 2. The molecule has 7 heteroatoms. The number of aromatic nitrogens is 2. The smallest absolute Gasteiger partial charge is 0.317 e. The number of amides is 2. The number of carbonyl (C=O) groups excluding carboxylic acids is 1. The van der Waals surface area contributed by atoms with Gasteiger partial charge >= 0.3 is 6.03 Å². The molecule has 0 bridgehead atoms. The van der Waals surface area contributed by atoms with Crippen LogP contribution in [0.25, 0.3) is 0 Å². The van der Waals surface area contributed by atoms with E-state index in [-0.39, 0.29) is 12.1 Å². The van der Waals surface area contributed by atoms with Gasteiger partial charge in [-0.3, -0.25) is 9.31 Å². The van der Waals surface area contributed by atoms with Crippen LogP contribution in [0.5, 0.6) is 0 Å². The van der Waals surface area contributed by atoms with Gasteiger partial charge in [0.1, 0.15) is 0 Å². The Morgan fingerprint density at radius 2 is 2.21 bits per heavy atom. The number of anilines is 1. The Morgan fingerprint density at radius 1 is 1.42 bits per heavy atom. The molecule has 0 spiro atoms. The lowest BCUT2D eigenvalue weighted by Crippen LogP contribution is -2.34. The van der Waals surface area contributed by atoms with E-state index in [2.05, 4.69) is 15.5 Å². The van der Waals surface area contributed by atoms with Gasteiger partial charge in [0.25, 0.3) is 0 Å². The zero-order valence-corrected chi connectivity index (χ0v) is 14.9. The van der Waals surface area contributed by atoms with E-state index in [9.17, 15) is 9.00 Å². The number of aryl methyl sites for hydroxylation is 2. The molecule has 2 N–H and O–H groups in total. The van der Waals surface area contributed by atoms with Crippen molar-refractivity contribution in [2.45, 2.75) is 37.6 Å². The number of likely N-dealkylation sites (tertiary alicyclic amines) is 1. The number of rotatable bonds is 3. The highest BCUT2D eigenvalue weighted by atomic mass is 32.2. The van der Waals surface area contributed by atoms with Crippen molar-refractivity contribution in [2.75, 3.05) is 18.1 Å². The van der Waals surface area contributed by atoms with Gasteiger partial charge in [-0.25, -0.2) is 4.79 Å². The number of carbonyl (C=O) groups is 1. The molecule has 2 atom stereocenters. The van der Waals surface area contributed by atoms with Crippen molar-refractivity contribution < 1.29 is 9.00 Å². The van der Waals surface area contributed by atoms with E-state index in [0.29, 0.717) is 10.6 Å². The third-order valence-electron chi connectivity index (χ3n) is 4.45. The summed E-state index contributed by atoms with van der Waals surface area (Å²) in [5.41, 5.74) is 3.74. The third kappa shape index (κ3) is 3.21. The van der Waals surface area contributed by atoms with E-state index in [0.717, 1.165) is 36.3 Å². The molecule has 0 radical (unpaired) electrons. The topological polar surface area (TPSA) is 78.1 Å². The minimum atomic E-state index is -1.07. The predicted molar refractivity (Wildman–Crippen MR) is 94.5 cm³/mol. The summed E-state index contributed by atoms with van der Waals surface area (Å²) in [6.45, 7) is 4.68. The highest BCUT2D eigenvalue weighted by Crippen LogP contribution is 2.35. The van der Waals surface area contributed by atoms with Gasteiger partial charge in [0.15, 0.2) is 0 Å². The maximum atomic E-state index is 12.7. The summed E-state index contributed by atoms with van der Waals surface area (Å²) >= 11 is 0. The molecule has 1 fully saturated rings. The Kier molecular flexibility index (Phi) is 4.71. The van der Waals surface area contributed by atoms with Gasteiger partial charge in [0, 0.05) is 45.4 Å². The van der Waals surface area contributed by atoms with Crippen LogP contribution in [0.4, 0.5) is 10.5 Å². The maximum absolute atomic E-state index is 12.7. The number of benzene rings is 1. The number of urea groups is 1. The number of hydrogen-bond donors (Lipinski definition) is 2. The molecule has 0 unspecified atom stereocenters. The van der Waals surface area contributed by atoms with Crippen LogP contribution in [0.3, 0.4) is 0 Å². The van der Waals surface area contributed by atoms with Crippen molar-refractivity contribution in [3.05, 3.63) is 41.2 Å². The normalized spacial score (nSPS) is 18.6. The van der Waals surface area contributed by atoms with Crippen molar-refractivity contribution in [3.8, 4) is 0 Å². The molecular weight excluding hydrogens is 324 g/mol. The molecule has 6 nitrogen and oxygen atoms in total. The van der Waals surface area contributed by atoms with Gasteiger partial charge in [-0.1, -0.05) is 6.07 Å². The molecule has 128 valence electrons. The molecule has 0 aliphatic carbocycles. The van der Waals surface area contributed by atoms with Crippen LogP contribution in [0.1, 0.15) is 35.8 Å². The summed E-state index contributed by atoms with van der Waals surface area (Å²) in [6, 6.07) is 7.09. The van der Waals surface area contributed by atoms with Crippen molar-refractivity contribution in [1.82, 2.24) is 15.1 Å². The largest absolute Gasteiger partial charge is 0.322 e. The van der Waals surface area contributed by atoms with Gasteiger partial charge < -0.3 is 10.2 Å². The first-order valence-electron chi connectivity index (χ1n) is 8.00. The van der Waals surface area contributed by atoms with Crippen molar-refractivity contribution in [3.63, 3.8) is 0 Å². The van der Waals surface area contributed by atoms with Crippen LogP contribution < -0.4 is 5.32 Å². The molecule has 1 aromatic heterocycles. The average Bonchev–Trinajstić information content (AvgIpc) is 3.14. The molecule has 1 saturated heterocycles. The maximum Gasteiger partial charge on any atom is 0.322 e. The van der Waals surface area contributed by atoms with Crippen LogP contribution in [-0.4, -0.2) is 38.1 Å². The number of aromatic amines is 1. The second-order valence-electron chi connectivity index (χ2n) is 6.11. The van der Waals surface area contributed by atoms with E-state index in [1.165, 1.54) is 0 Å². The molecule has 1 aliphatic heterocycles. The summed E-state index contributed by atoms with van der Waals surface area (Å²) < 4.78 is 11.6. The third-order valence-corrected chi connectivity index (χ3v) is 5.37. The Bertz CT molecular complexity index is 767. The fourth-order valence-electron chi connectivity index (χ4n) is 3.31. The van der Waals surface area contributed by atoms with Gasteiger partial charge in [0.05, 0.1) is 11.7 Å². The Morgan fingerprint density at radius 3 is 2.88 bits per heavy atom. The predicted octanol–water partition coefficient (Wildman–Crippen LogP) is 3.13. The van der Waals surface area contributed by atoms with Crippen LogP contribution in [-0.2, 0) is 10.8 Å². The van der Waals surface area contributed by atoms with Crippen LogP contribution in [0.15, 0.2) is 29.2 Å². The molecule has 1 aliphatic rings. The van der Waals surface area contributed by atoms with Gasteiger partial charge in [0.2, 0.25) is 0 Å². The molecule has 2 amide bonds. The molecule has 2 heterocycles. The van der Waals surface area contributed by atoms with Gasteiger partial charge in [-0.05, 0) is 44.9 Å². The minimum Gasteiger partial charge on any atom is -0.317 e. The minimum absolute atomic E-state index is 0.0484. The van der Waals surface area contributed by atoms with Gasteiger partial charge in [-0.15, -0.1) is 0 Å². The summed E-state index contributed by atoms with van der Waals surface area (Å²) in [5.74, 6) is 0. The summed E-state index contributed by atoms with van der Waals surface area (Å²) in [4.78, 5) is 15.3. The van der Waals surface area contributed by atoms with E-state index in [4.69, 9.17) is 0 Å². The van der Waals surface area contributed by atoms with E-state index < -0.39 is 10.8 Å². The monoisotopic (exact) mass is 346 g/mol. The van der Waals surface area contributed by atoms with Gasteiger partial charge in [-0.2, -0.15) is 5.10 Å². The number of H-pyrrole nitrogens is 1. The lowest BCUT2D eigenvalue weighted by atomic mass is 10.0. The average molecular weight is 346 g/mol. The summed E-state index contributed by atoms with van der Waals surface area (Å²) in [6.07, 6.45) is 3.54. The molecule has 1 aromatic carbocycles. The second-order valence-corrected chi connectivity index (χ2v) is 7.49. The van der Waals surface area contributed by atoms with Crippen LogP contribution in [0.2, 0.25) is 0 Å². The second kappa shape index (κ2) is 6.76. The standard InChI is InChI=1S/C17H22N4O2S/c1-11-16(12(2)20-19-11)15-8-5-9-21(15)17(22)18-13-6-4-7-14(10-13)24(3)23/h4,6-7,10,15H,5,8-9H2,1-3H3,(H,18,22)(H,19,20)/t15-,24+/m0/s1. The SMILES string of the molecule is Cc1n[nH]c(C)c1[C@@H]1CCCN1C(=O)Nc1cccc([S@@](C)=O)c1. The van der Waals surface area contributed by atoms with Crippen molar-refractivity contribution in [1.29, 1.82) is 0 Å². The quantitative estimate of drug-likeness (QED) is 0.896. The fourth-order valence-corrected chi connectivity index (χ4v) is 3.87. The summed E-state index contributed by atoms with van der Waals surface area (Å²) in [7, 11) is -1.07. The Hall–Kier alpha value is -2.15. The van der Waals surface area contributed by atoms with Crippen molar-refractivity contribution >= 4 is 22.5 Å². The van der Waals surface area contributed by atoms with Crippen LogP contribution in [0, 0.1) is 13.8 Å². The first-order chi connectivity index (χ1) is 11.5. The zero-order valence-electron chi connectivity index (χ0n) is 14.1. The molecular formula is C17H22N4O2S. The summed E-state index contributed by atoms with van der Waals surface area (Å²) in [5, 5.41) is 10.2. The number of nitrogens with zero attached hydrogens (tertiary/aromatic N) is 2. The lowest BCUT2D eigenvalue weighted by Gasteiger charge is -2.25. The van der Waals surface area contributed by atoms with E-state index in [1.54, 1.807) is 24.5 Å². The van der Waals surface area contributed by atoms with Crippen molar-refractivity contribution in [2.24, 2.45) is 0 Å². The highest BCUT2D eigenvalue weighted by Gasteiger charge is 2.33. The molecule has 3 rings (SSSR count).